The summed E-state index contributed by atoms with van der Waals surface area (Å²) in [4.78, 5) is 4.64. The molecule has 0 amide bonds. The number of aliphatic hydroxyl groups excluding tert-OH is 1. The molecule has 1 atom stereocenters. The summed E-state index contributed by atoms with van der Waals surface area (Å²) in [5.74, 6) is 1.36. The average Bonchev–Trinajstić information content (AvgIpc) is 2.89. The predicted octanol–water partition coefficient (Wildman–Crippen LogP) is 4.79. The van der Waals surface area contributed by atoms with Crippen LogP contribution in [-0.4, -0.2) is 10.1 Å². The molecular weight excluding hydrogens is 350 g/mol. The first kappa shape index (κ1) is 16.8. The molecule has 1 aromatic heterocycles. The average molecular weight is 369 g/mol. The van der Waals surface area contributed by atoms with Crippen LogP contribution >= 0.6 is 0 Å². The molecule has 28 heavy (non-hydrogen) atoms. The molecule has 4 nitrogen and oxygen atoms in total. The van der Waals surface area contributed by atoms with E-state index >= 15 is 0 Å². The molecule has 1 aliphatic rings. The lowest BCUT2D eigenvalue weighted by Gasteiger charge is -2.15. The molecule has 138 valence electrons. The van der Waals surface area contributed by atoms with Crippen molar-refractivity contribution < 1.29 is 14.6 Å². The fourth-order valence-corrected chi connectivity index (χ4v) is 3.56. The van der Waals surface area contributed by atoms with Crippen LogP contribution in [-0.2, 0) is 13.2 Å². The van der Waals surface area contributed by atoms with Gasteiger partial charge in [-0.3, -0.25) is 0 Å². The van der Waals surface area contributed by atoms with Crippen LogP contribution in [0.3, 0.4) is 0 Å². The third-order valence-corrected chi connectivity index (χ3v) is 5.05. The zero-order chi connectivity index (χ0) is 18.9. The lowest BCUT2D eigenvalue weighted by molar-refractivity contribution is 0.217. The zero-order valence-corrected chi connectivity index (χ0v) is 15.2. The zero-order valence-electron chi connectivity index (χ0n) is 15.2. The van der Waals surface area contributed by atoms with Crippen molar-refractivity contribution in [2.45, 2.75) is 19.3 Å². The van der Waals surface area contributed by atoms with E-state index in [2.05, 4.69) is 4.98 Å². The summed E-state index contributed by atoms with van der Waals surface area (Å²) < 4.78 is 11.8. The van der Waals surface area contributed by atoms with Gasteiger partial charge < -0.3 is 14.6 Å². The van der Waals surface area contributed by atoms with Gasteiger partial charge in [-0.25, -0.2) is 4.98 Å². The van der Waals surface area contributed by atoms with E-state index in [1.54, 1.807) is 0 Å². The number of nitrogens with zero attached hydrogens (tertiary/aromatic N) is 1. The minimum Gasteiger partial charge on any atom is -0.488 e. The maximum atomic E-state index is 10.9. The Labute approximate surface area is 163 Å². The number of pyridine rings is 1. The Morgan fingerprint density at radius 1 is 0.929 bits per heavy atom. The number of ether oxygens (including phenoxy) is 2. The number of rotatable bonds is 3. The molecule has 0 fully saturated rings. The van der Waals surface area contributed by atoms with E-state index in [-0.39, 0.29) is 0 Å². The minimum atomic E-state index is -0.740. The van der Waals surface area contributed by atoms with E-state index in [0.29, 0.717) is 30.3 Å². The van der Waals surface area contributed by atoms with E-state index in [9.17, 15) is 5.11 Å². The number of para-hydroxylation sites is 1. The third kappa shape index (κ3) is 3.08. The SMILES string of the molecule is OC1c2ccccc2COc2ccc(OCc3ccc4ccccc4n3)cc21. The highest BCUT2D eigenvalue weighted by Gasteiger charge is 2.23. The van der Waals surface area contributed by atoms with Gasteiger partial charge >= 0.3 is 0 Å². The van der Waals surface area contributed by atoms with Crippen LogP contribution in [0.5, 0.6) is 11.5 Å². The maximum Gasteiger partial charge on any atom is 0.130 e. The summed E-state index contributed by atoms with van der Waals surface area (Å²) in [5, 5.41) is 12.0. The van der Waals surface area contributed by atoms with E-state index in [4.69, 9.17) is 9.47 Å². The maximum absolute atomic E-state index is 10.9. The van der Waals surface area contributed by atoms with Crippen molar-refractivity contribution >= 4 is 10.9 Å². The second-order valence-corrected chi connectivity index (χ2v) is 6.87. The molecule has 0 bridgehead atoms. The summed E-state index contributed by atoms with van der Waals surface area (Å²) in [6.45, 7) is 0.804. The topological polar surface area (TPSA) is 51.6 Å². The van der Waals surface area contributed by atoms with Crippen molar-refractivity contribution in [1.29, 1.82) is 0 Å². The Morgan fingerprint density at radius 3 is 2.75 bits per heavy atom. The molecule has 0 saturated carbocycles. The highest BCUT2D eigenvalue weighted by Crippen LogP contribution is 2.37. The first-order valence-corrected chi connectivity index (χ1v) is 9.28. The fraction of sp³-hybridized carbons (Fsp3) is 0.125. The summed E-state index contributed by atoms with van der Waals surface area (Å²) in [6.07, 6.45) is -0.740. The van der Waals surface area contributed by atoms with Gasteiger partial charge in [-0.1, -0.05) is 48.5 Å². The molecule has 1 aliphatic heterocycles. The number of benzene rings is 3. The molecule has 0 radical (unpaired) electrons. The summed E-state index contributed by atoms with van der Waals surface area (Å²) in [5.41, 5.74) is 4.39. The van der Waals surface area contributed by atoms with Crippen molar-refractivity contribution in [3.05, 3.63) is 101 Å². The number of hydrogen-bond donors (Lipinski definition) is 1. The standard InChI is InChI=1S/C24H19NO3/c26-24-20-7-3-1-6-17(20)14-28-23-12-11-19(13-21(23)24)27-15-18-10-9-16-5-2-4-8-22(16)25-18/h1-13,24,26H,14-15H2. The molecule has 2 heterocycles. The third-order valence-electron chi connectivity index (χ3n) is 5.05. The van der Waals surface area contributed by atoms with Crippen LogP contribution in [0, 0.1) is 0 Å². The molecule has 3 aromatic carbocycles. The largest absolute Gasteiger partial charge is 0.488 e. The highest BCUT2D eigenvalue weighted by molar-refractivity contribution is 5.78. The molecule has 0 saturated heterocycles. The van der Waals surface area contributed by atoms with Gasteiger partial charge in [-0.2, -0.15) is 0 Å². The quantitative estimate of drug-likeness (QED) is 0.564. The number of fused-ring (bicyclic) bond motifs is 3. The Morgan fingerprint density at radius 2 is 1.79 bits per heavy atom. The van der Waals surface area contributed by atoms with Crippen LogP contribution in [0.25, 0.3) is 10.9 Å². The van der Waals surface area contributed by atoms with Crippen molar-refractivity contribution in [2.75, 3.05) is 0 Å². The van der Waals surface area contributed by atoms with Gasteiger partial charge in [0.2, 0.25) is 0 Å². The minimum absolute atomic E-state index is 0.358. The summed E-state index contributed by atoms with van der Waals surface area (Å²) in [7, 11) is 0. The van der Waals surface area contributed by atoms with E-state index in [1.807, 2.05) is 78.9 Å². The monoisotopic (exact) mass is 369 g/mol. The molecule has 4 heteroatoms. The van der Waals surface area contributed by atoms with Crippen LogP contribution in [0.1, 0.15) is 28.5 Å². The normalized spacial score (nSPS) is 15.2. The van der Waals surface area contributed by atoms with Gasteiger partial charge in [0.05, 0.1) is 11.2 Å². The lowest BCUT2D eigenvalue weighted by Crippen LogP contribution is -2.02. The fourth-order valence-electron chi connectivity index (χ4n) is 3.56. The van der Waals surface area contributed by atoms with Crippen LogP contribution < -0.4 is 9.47 Å². The predicted molar refractivity (Wildman–Crippen MR) is 107 cm³/mol. The first-order valence-electron chi connectivity index (χ1n) is 9.28. The second-order valence-electron chi connectivity index (χ2n) is 6.87. The van der Waals surface area contributed by atoms with Crippen molar-refractivity contribution in [1.82, 2.24) is 4.98 Å². The Kier molecular flexibility index (Phi) is 4.18. The van der Waals surface area contributed by atoms with Gasteiger partial charge in [0.25, 0.3) is 0 Å². The lowest BCUT2D eigenvalue weighted by atomic mass is 9.97. The van der Waals surface area contributed by atoms with E-state index in [0.717, 1.165) is 27.7 Å². The summed E-state index contributed by atoms with van der Waals surface area (Å²) in [6, 6.07) is 25.4. The molecule has 1 unspecified atom stereocenters. The number of aromatic nitrogens is 1. The van der Waals surface area contributed by atoms with Gasteiger partial charge in [0.1, 0.15) is 30.8 Å². The van der Waals surface area contributed by atoms with Gasteiger partial charge in [-0.05, 0) is 41.5 Å². The highest BCUT2D eigenvalue weighted by atomic mass is 16.5. The van der Waals surface area contributed by atoms with Gasteiger partial charge in [-0.15, -0.1) is 0 Å². The van der Waals surface area contributed by atoms with Gasteiger partial charge in [0, 0.05) is 10.9 Å². The van der Waals surface area contributed by atoms with Crippen molar-refractivity contribution in [3.8, 4) is 11.5 Å². The van der Waals surface area contributed by atoms with E-state index in [1.165, 1.54) is 0 Å². The smallest absolute Gasteiger partial charge is 0.130 e. The van der Waals surface area contributed by atoms with Crippen molar-refractivity contribution in [2.24, 2.45) is 0 Å². The van der Waals surface area contributed by atoms with Crippen LogP contribution in [0.4, 0.5) is 0 Å². The van der Waals surface area contributed by atoms with Crippen LogP contribution in [0.15, 0.2) is 78.9 Å². The van der Waals surface area contributed by atoms with Gasteiger partial charge in [0.15, 0.2) is 0 Å². The molecule has 5 rings (SSSR count). The Balaban J connectivity index is 1.40. The second kappa shape index (κ2) is 6.98. The number of hydrogen-bond acceptors (Lipinski definition) is 4. The van der Waals surface area contributed by atoms with Crippen molar-refractivity contribution in [3.63, 3.8) is 0 Å². The Bertz CT molecular complexity index is 1160. The van der Waals surface area contributed by atoms with Crippen LogP contribution in [0.2, 0.25) is 0 Å². The molecule has 1 N–H and O–H groups in total. The molecule has 0 aliphatic carbocycles. The first-order chi connectivity index (χ1) is 13.8. The number of aliphatic hydroxyl groups is 1. The van der Waals surface area contributed by atoms with E-state index < -0.39 is 6.10 Å². The molecule has 0 spiro atoms. The summed E-state index contributed by atoms with van der Waals surface area (Å²) >= 11 is 0. The Hall–Kier alpha value is -3.37. The molecular formula is C24H19NO3. The molecule has 4 aromatic rings.